The molecule has 1 aromatic rings. The lowest BCUT2D eigenvalue weighted by atomic mass is 9.57. The minimum Gasteiger partial charge on any atom is -0.480 e. The van der Waals surface area contributed by atoms with Crippen LogP contribution in [-0.2, 0) is 22.6 Å². The lowest BCUT2D eigenvalue weighted by molar-refractivity contribution is -0.156. The summed E-state index contributed by atoms with van der Waals surface area (Å²) in [5, 5.41) is 23.2. The number of carbonyl (C=O) groups is 2. The number of rotatable bonds is 10. The Bertz CT molecular complexity index is 803. The number of benzene rings is 1. The highest BCUT2D eigenvalue weighted by molar-refractivity contribution is 5.80. The van der Waals surface area contributed by atoms with Crippen LogP contribution in [0.4, 0.5) is 0 Å². The molecule has 34 heavy (non-hydrogen) atoms. The molecule has 3 rings (SSSR count). The number of carbonyl (C=O) groups excluding carboxylic acids is 1. The van der Waals surface area contributed by atoms with Crippen LogP contribution in [0.5, 0.6) is 0 Å². The van der Waals surface area contributed by atoms with E-state index in [1.807, 2.05) is 24.3 Å². The fourth-order valence-corrected chi connectivity index (χ4v) is 6.66. The van der Waals surface area contributed by atoms with Gasteiger partial charge in [0.1, 0.15) is 5.54 Å². The van der Waals surface area contributed by atoms with Crippen LogP contribution >= 0.6 is 0 Å². The topological polar surface area (TPSA) is 98.7 Å². The highest BCUT2D eigenvalue weighted by atomic mass is 16.5. The maximum absolute atomic E-state index is 13.2. The molecule has 0 aromatic heterocycles. The molecule has 0 saturated heterocycles. The van der Waals surface area contributed by atoms with Gasteiger partial charge in [0.05, 0.1) is 0 Å². The van der Waals surface area contributed by atoms with Crippen LogP contribution in [0.15, 0.2) is 24.3 Å². The Kier molecular flexibility index (Phi) is 9.55. The van der Waals surface area contributed by atoms with E-state index in [0.717, 1.165) is 49.7 Å². The van der Waals surface area contributed by atoms with Crippen molar-refractivity contribution >= 4 is 11.9 Å². The second-order valence-electron chi connectivity index (χ2n) is 11.1. The Labute approximate surface area is 204 Å². The van der Waals surface area contributed by atoms with Crippen molar-refractivity contribution in [3.8, 4) is 0 Å². The van der Waals surface area contributed by atoms with Crippen LogP contribution in [0, 0.1) is 29.6 Å². The number of hydrogen-bond acceptors (Lipinski definition) is 4. The molecule has 2 aliphatic carbocycles. The van der Waals surface area contributed by atoms with Crippen molar-refractivity contribution in [3.05, 3.63) is 35.4 Å². The molecule has 4 N–H and O–H groups in total. The van der Waals surface area contributed by atoms with E-state index in [0.29, 0.717) is 30.7 Å². The molecular formula is C28H44N2O4. The van der Waals surface area contributed by atoms with Crippen LogP contribution in [0.25, 0.3) is 0 Å². The minimum atomic E-state index is -0.901. The molecule has 6 heteroatoms. The molecule has 0 bridgehead atoms. The Morgan fingerprint density at radius 3 is 2.26 bits per heavy atom. The molecule has 1 amide bonds. The summed E-state index contributed by atoms with van der Waals surface area (Å²) in [5.41, 5.74) is 2.84. The molecule has 0 spiro atoms. The van der Waals surface area contributed by atoms with Crippen LogP contribution in [0.2, 0.25) is 0 Å². The summed E-state index contributed by atoms with van der Waals surface area (Å²) >= 11 is 0. The fraction of sp³-hybridized carbons (Fsp3) is 0.714. The van der Waals surface area contributed by atoms with E-state index in [1.165, 1.54) is 12.8 Å². The first-order chi connectivity index (χ1) is 16.3. The molecule has 0 radical (unpaired) electrons. The minimum absolute atomic E-state index is 0.133. The summed E-state index contributed by atoms with van der Waals surface area (Å²) in [4.78, 5) is 24.5. The number of carboxylic acids is 1. The molecule has 190 valence electrons. The van der Waals surface area contributed by atoms with E-state index in [2.05, 4.69) is 26.1 Å². The van der Waals surface area contributed by atoms with E-state index in [4.69, 9.17) is 5.21 Å². The van der Waals surface area contributed by atoms with Gasteiger partial charge in [-0.1, -0.05) is 70.7 Å². The van der Waals surface area contributed by atoms with Crippen LogP contribution in [0.3, 0.4) is 0 Å². The van der Waals surface area contributed by atoms with Crippen molar-refractivity contribution in [2.45, 2.75) is 97.1 Å². The number of nitrogens with one attached hydrogen (secondary N) is 2. The van der Waals surface area contributed by atoms with Gasteiger partial charge in [-0.25, -0.2) is 5.48 Å². The quantitative estimate of drug-likeness (QED) is 0.273. The molecule has 6 nitrogen and oxygen atoms in total. The number of aliphatic carboxylic acids is 1. The van der Waals surface area contributed by atoms with E-state index < -0.39 is 17.4 Å². The monoisotopic (exact) mass is 472 g/mol. The summed E-state index contributed by atoms with van der Waals surface area (Å²) < 4.78 is 0. The lowest BCUT2D eigenvalue weighted by Gasteiger charge is -2.51. The summed E-state index contributed by atoms with van der Waals surface area (Å²) in [6, 6.07) is 8.03. The fourth-order valence-electron chi connectivity index (χ4n) is 6.66. The predicted octanol–water partition coefficient (Wildman–Crippen LogP) is 5.33. The number of hydrogen-bond donors (Lipinski definition) is 4. The van der Waals surface area contributed by atoms with E-state index in [1.54, 1.807) is 5.48 Å². The summed E-state index contributed by atoms with van der Waals surface area (Å²) in [6.45, 7) is 7.33. The van der Waals surface area contributed by atoms with Gasteiger partial charge < -0.3 is 5.11 Å². The normalized spacial score (nSPS) is 25.6. The number of hydroxylamine groups is 1. The number of carboxylic acid groups (broad SMARTS) is 1. The Balaban J connectivity index is 1.85. The van der Waals surface area contributed by atoms with Crippen molar-refractivity contribution in [1.82, 2.24) is 10.8 Å². The molecule has 2 saturated carbocycles. The smallest absolute Gasteiger partial charge is 0.324 e. The summed E-state index contributed by atoms with van der Waals surface area (Å²) in [6.07, 6.45) is 9.48. The third-order valence-corrected chi connectivity index (χ3v) is 8.58. The van der Waals surface area contributed by atoms with Crippen molar-refractivity contribution in [1.29, 1.82) is 0 Å². The first-order valence-electron chi connectivity index (χ1n) is 13.3. The van der Waals surface area contributed by atoms with Gasteiger partial charge >= 0.3 is 5.97 Å². The zero-order valence-corrected chi connectivity index (χ0v) is 21.2. The van der Waals surface area contributed by atoms with Crippen molar-refractivity contribution in [3.63, 3.8) is 0 Å². The van der Waals surface area contributed by atoms with Gasteiger partial charge in [0.25, 0.3) is 0 Å². The lowest BCUT2D eigenvalue weighted by Crippen LogP contribution is -2.65. The van der Waals surface area contributed by atoms with E-state index >= 15 is 0 Å². The third-order valence-electron chi connectivity index (χ3n) is 8.58. The van der Waals surface area contributed by atoms with Crippen LogP contribution < -0.4 is 10.8 Å². The van der Waals surface area contributed by atoms with E-state index in [-0.39, 0.29) is 18.3 Å². The van der Waals surface area contributed by atoms with Crippen molar-refractivity contribution in [2.24, 2.45) is 29.6 Å². The average molecular weight is 473 g/mol. The zero-order valence-electron chi connectivity index (χ0n) is 21.2. The van der Waals surface area contributed by atoms with Crippen molar-refractivity contribution in [2.75, 3.05) is 0 Å². The molecule has 0 heterocycles. The third kappa shape index (κ3) is 6.19. The zero-order chi connectivity index (χ0) is 24.7. The molecular weight excluding hydrogens is 428 g/mol. The predicted molar refractivity (Wildman–Crippen MR) is 133 cm³/mol. The van der Waals surface area contributed by atoms with Crippen LogP contribution in [0.1, 0.15) is 89.7 Å². The van der Waals surface area contributed by atoms with Gasteiger partial charge in [-0.05, 0) is 72.8 Å². The summed E-state index contributed by atoms with van der Waals surface area (Å²) in [5.74, 6) is 0.666. The Hall–Kier alpha value is -1.92. The molecule has 0 aliphatic heterocycles. The first kappa shape index (κ1) is 26.7. The van der Waals surface area contributed by atoms with Gasteiger partial charge in [-0.3, -0.25) is 20.1 Å². The Morgan fingerprint density at radius 2 is 1.68 bits per heavy atom. The standard InChI is InChI=1S/C28H44N2O4/c1-19(2)24-15-9-20(3)17-25(24)28(27(32)33,23-7-5-4-6-8-23)29-18-22-12-10-21(11-13-22)14-16-26(31)30-34/h10-13,19-20,23-25,29,34H,4-9,14-18H2,1-3H3,(H,30,31)(H,32,33)/t20-,24+,25-,28+/m1/s1. The largest absolute Gasteiger partial charge is 0.480 e. The van der Waals surface area contributed by atoms with E-state index in [9.17, 15) is 14.7 Å². The number of aryl methyl sites for hydroxylation is 1. The van der Waals surface area contributed by atoms with Gasteiger partial charge in [0.15, 0.2) is 0 Å². The van der Waals surface area contributed by atoms with Gasteiger partial charge in [-0.15, -0.1) is 0 Å². The highest BCUT2D eigenvalue weighted by Crippen LogP contribution is 2.49. The van der Waals surface area contributed by atoms with Gasteiger partial charge in [0, 0.05) is 13.0 Å². The van der Waals surface area contributed by atoms with Crippen LogP contribution in [-0.4, -0.2) is 27.7 Å². The van der Waals surface area contributed by atoms with Gasteiger partial charge in [-0.2, -0.15) is 0 Å². The maximum atomic E-state index is 13.2. The molecule has 1 aromatic carbocycles. The molecule has 2 fully saturated rings. The highest BCUT2D eigenvalue weighted by Gasteiger charge is 2.55. The first-order valence-corrected chi connectivity index (χ1v) is 13.3. The van der Waals surface area contributed by atoms with Gasteiger partial charge in [0.2, 0.25) is 5.91 Å². The second-order valence-corrected chi connectivity index (χ2v) is 11.1. The average Bonchev–Trinajstić information content (AvgIpc) is 2.84. The Morgan fingerprint density at radius 1 is 1.03 bits per heavy atom. The molecule has 2 aliphatic rings. The molecule has 4 atom stereocenters. The second kappa shape index (κ2) is 12.2. The maximum Gasteiger partial charge on any atom is 0.324 e. The SMILES string of the molecule is CC(C)[C@@H]1CC[C@@H](C)C[C@H]1[C@](NCc1ccc(CCC(=O)NO)cc1)(C(=O)O)C1CCCCC1. The number of amides is 1. The summed E-state index contributed by atoms with van der Waals surface area (Å²) in [7, 11) is 0. The van der Waals surface area contributed by atoms with Crippen molar-refractivity contribution < 1.29 is 19.9 Å². The molecule has 0 unspecified atom stereocenters.